The fraction of sp³-hybridized carbons (Fsp3) is 0.318. The van der Waals surface area contributed by atoms with Crippen LogP contribution in [0.25, 0.3) is 11.2 Å². The molecule has 4 aromatic heterocycles. The third kappa shape index (κ3) is 3.80. The average molecular weight is 401 g/mol. The highest BCUT2D eigenvalue weighted by atomic mass is 16.2. The van der Waals surface area contributed by atoms with E-state index in [4.69, 9.17) is 0 Å². The van der Waals surface area contributed by atoms with Crippen LogP contribution in [-0.2, 0) is 13.1 Å². The minimum atomic E-state index is 0.0292. The molecular weight excluding hydrogens is 378 g/mol. The Morgan fingerprint density at radius 1 is 1.13 bits per heavy atom. The third-order valence-electron chi connectivity index (χ3n) is 5.61. The van der Waals surface area contributed by atoms with E-state index < -0.39 is 0 Å². The Morgan fingerprint density at radius 2 is 2.10 bits per heavy atom. The highest BCUT2D eigenvalue weighted by Crippen LogP contribution is 2.21. The van der Waals surface area contributed by atoms with Crippen LogP contribution >= 0.6 is 0 Å². The molecule has 0 aromatic carbocycles. The number of amides is 1. The van der Waals surface area contributed by atoms with Crippen LogP contribution in [0.3, 0.4) is 0 Å². The summed E-state index contributed by atoms with van der Waals surface area (Å²) in [6.45, 7) is 3.07. The molecule has 1 aliphatic heterocycles. The summed E-state index contributed by atoms with van der Waals surface area (Å²) in [5, 5.41) is 0. The lowest BCUT2D eigenvalue weighted by Crippen LogP contribution is -2.41. The first-order chi connectivity index (χ1) is 14.8. The smallest absolute Gasteiger partial charge is 0.255 e. The van der Waals surface area contributed by atoms with Gasteiger partial charge in [0.1, 0.15) is 5.52 Å². The van der Waals surface area contributed by atoms with Crippen molar-refractivity contribution < 1.29 is 4.79 Å². The number of carbonyl (C=O) groups excluding carboxylic acids is 1. The van der Waals surface area contributed by atoms with Crippen molar-refractivity contribution in [1.82, 2.24) is 34.0 Å². The number of hydrogen-bond donors (Lipinski definition) is 0. The van der Waals surface area contributed by atoms with Crippen LogP contribution in [0.4, 0.5) is 0 Å². The molecule has 1 atom stereocenters. The van der Waals surface area contributed by atoms with Gasteiger partial charge in [0, 0.05) is 50.6 Å². The van der Waals surface area contributed by atoms with Crippen LogP contribution < -0.4 is 0 Å². The van der Waals surface area contributed by atoms with Crippen molar-refractivity contribution in [1.29, 1.82) is 0 Å². The van der Waals surface area contributed by atoms with Gasteiger partial charge in [0.15, 0.2) is 5.65 Å². The second-order valence-corrected chi connectivity index (χ2v) is 7.82. The Morgan fingerprint density at radius 3 is 2.93 bits per heavy atom. The lowest BCUT2D eigenvalue weighted by atomic mass is 9.97. The lowest BCUT2D eigenvalue weighted by Gasteiger charge is -2.33. The highest BCUT2D eigenvalue weighted by molar-refractivity contribution is 5.96. The van der Waals surface area contributed by atoms with E-state index in [1.165, 1.54) is 0 Å². The zero-order valence-electron chi connectivity index (χ0n) is 16.6. The van der Waals surface area contributed by atoms with E-state index in [0.717, 1.165) is 49.2 Å². The van der Waals surface area contributed by atoms with Crippen molar-refractivity contribution in [2.24, 2.45) is 5.92 Å². The van der Waals surface area contributed by atoms with Gasteiger partial charge in [-0.2, -0.15) is 0 Å². The van der Waals surface area contributed by atoms with E-state index in [2.05, 4.69) is 24.5 Å². The zero-order chi connectivity index (χ0) is 20.3. The summed E-state index contributed by atoms with van der Waals surface area (Å²) in [6, 6.07) is 5.79. The number of pyridine rings is 2. The zero-order valence-corrected chi connectivity index (χ0v) is 16.6. The number of rotatable bonds is 5. The van der Waals surface area contributed by atoms with E-state index in [0.29, 0.717) is 18.0 Å². The number of carbonyl (C=O) groups is 1. The Hall–Kier alpha value is -3.55. The Balaban J connectivity index is 1.31. The Kier molecular flexibility index (Phi) is 4.96. The molecule has 8 heteroatoms. The van der Waals surface area contributed by atoms with Gasteiger partial charge < -0.3 is 14.0 Å². The van der Waals surface area contributed by atoms with Crippen LogP contribution in [0, 0.1) is 5.92 Å². The molecule has 1 aliphatic rings. The summed E-state index contributed by atoms with van der Waals surface area (Å²) in [4.78, 5) is 32.3. The quantitative estimate of drug-likeness (QED) is 0.513. The maximum atomic E-state index is 13.1. The maximum Gasteiger partial charge on any atom is 0.255 e. The maximum absolute atomic E-state index is 13.1. The standard InChI is InChI=1S/C22H23N7O/c30-22(28-7-2-4-18(14-28)12-27-8-6-24-15-27)19-9-20-21(25-11-19)29(16-26-20)13-17-3-1-5-23-10-17/h1,3,5-6,8-11,15-16,18H,2,4,7,12-14H2. The molecule has 0 N–H and O–H groups in total. The molecule has 5 heterocycles. The molecule has 30 heavy (non-hydrogen) atoms. The molecule has 152 valence electrons. The highest BCUT2D eigenvalue weighted by Gasteiger charge is 2.25. The Labute approximate surface area is 174 Å². The lowest BCUT2D eigenvalue weighted by molar-refractivity contribution is 0.0662. The largest absolute Gasteiger partial charge is 0.338 e. The van der Waals surface area contributed by atoms with Crippen molar-refractivity contribution in [3.63, 3.8) is 0 Å². The summed E-state index contributed by atoms with van der Waals surface area (Å²) in [5.41, 5.74) is 3.18. The summed E-state index contributed by atoms with van der Waals surface area (Å²) in [6.07, 6.45) is 14.8. The van der Waals surface area contributed by atoms with Crippen LogP contribution in [0.1, 0.15) is 28.8 Å². The minimum absolute atomic E-state index is 0.0292. The van der Waals surface area contributed by atoms with Gasteiger partial charge in [-0.05, 0) is 36.5 Å². The number of fused-ring (bicyclic) bond motifs is 1. The Bertz CT molecular complexity index is 1140. The van der Waals surface area contributed by atoms with Gasteiger partial charge in [0.25, 0.3) is 5.91 Å². The molecule has 0 radical (unpaired) electrons. The summed E-state index contributed by atoms with van der Waals surface area (Å²) >= 11 is 0. The van der Waals surface area contributed by atoms with Gasteiger partial charge in [0.2, 0.25) is 0 Å². The van der Waals surface area contributed by atoms with E-state index in [-0.39, 0.29) is 5.91 Å². The normalized spacial score (nSPS) is 16.8. The summed E-state index contributed by atoms with van der Waals surface area (Å²) < 4.78 is 4.06. The monoisotopic (exact) mass is 401 g/mol. The van der Waals surface area contributed by atoms with E-state index in [1.807, 2.05) is 46.4 Å². The number of likely N-dealkylation sites (tertiary alicyclic amines) is 1. The molecule has 1 saturated heterocycles. The fourth-order valence-electron chi connectivity index (χ4n) is 4.14. The summed E-state index contributed by atoms with van der Waals surface area (Å²) in [5.74, 6) is 0.467. The number of imidazole rings is 2. The van der Waals surface area contributed by atoms with Crippen LogP contribution in [-0.4, -0.2) is 53.0 Å². The van der Waals surface area contributed by atoms with Crippen molar-refractivity contribution in [2.45, 2.75) is 25.9 Å². The van der Waals surface area contributed by atoms with Gasteiger partial charge in [-0.25, -0.2) is 15.0 Å². The molecule has 5 rings (SSSR count). The second-order valence-electron chi connectivity index (χ2n) is 7.82. The van der Waals surface area contributed by atoms with Gasteiger partial charge in [-0.1, -0.05) is 6.07 Å². The van der Waals surface area contributed by atoms with E-state index in [9.17, 15) is 4.79 Å². The van der Waals surface area contributed by atoms with Crippen molar-refractivity contribution in [3.05, 3.63) is 73.0 Å². The van der Waals surface area contributed by atoms with Gasteiger partial charge in [-0.15, -0.1) is 0 Å². The molecule has 1 amide bonds. The third-order valence-corrected chi connectivity index (χ3v) is 5.61. The van der Waals surface area contributed by atoms with Crippen LogP contribution in [0.2, 0.25) is 0 Å². The topological polar surface area (TPSA) is 81.7 Å². The minimum Gasteiger partial charge on any atom is -0.338 e. The molecule has 0 bridgehead atoms. The van der Waals surface area contributed by atoms with Crippen molar-refractivity contribution in [3.8, 4) is 0 Å². The van der Waals surface area contributed by atoms with Crippen molar-refractivity contribution in [2.75, 3.05) is 13.1 Å². The van der Waals surface area contributed by atoms with E-state index >= 15 is 0 Å². The van der Waals surface area contributed by atoms with Gasteiger partial charge in [-0.3, -0.25) is 9.78 Å². The van der Waals surface area contributed by atoms with Gasteiger partial charge in [0.05, 0.1) is 24.8 Å². The average Bonchev–Trinajstić information content (AvgIpc) is 3.44. The first-order valence-electron chi connectivity index (χ1n) is 10.2. The number of nitrogens with zero attached hydrogens (tertiary/aromatic N) is 7. The number of hydrogen-bond acceptors (Lipinski definition) is 5. The number of piperidine rings is 1. The molecular formula is C22H23N7O. The molecule has 0 aliphatic carbocycles. The molecule has 1 unspecified atom stereocenters. The second kappa shape index (κ2) is 8.06. The predicted molar refractivity (Wildman–Crippen MR) is 112 cm³/mol. The summed E-state index contributed by atoms with van der Waals surface area (Å²) in [7, 11) is 0. The molecule has 1 fully saturated rings. The van der Waals surface area contributed by atoms with E-state index in [1.54, 1.807) is 24.9 Å². The predicted octanol–water partition coefficient (Wildman–Crippen LogP) is 2.62. The molecule has 0 saturated carbocycles. The fourth-order valence-corrected chi connectivity index (χ4v) is 4.14. The van der Waals surface area contributed by atoms with Crippen LogP contribution in [0.15, 0.2) is 61.8 Å². The SMILES string of the molecule is O=C(c1cnc2c(c1)ncn2Cc1cccnc1)N1CCCC(Cn2ccnc2)C1. The number of aromatic nitrogens is 6. The van der Waals surface area contributed by atoms with Gasteiger partial charge >= 0.3 is 0 Å². The first-order valence-corrected chi connectivity index (χ1v) is 10.2. The molecule has 0 spiro atoms. The molecule has 4 aromatic rings. The van der Waals surface area contributed by atoms with Crippen molar-refractivity contribution >= 4 is 17.1 Å². The first kappa shape index (κ1) is 18.5. The van der Waals surface area contributed by atoms with Crippen LogP contribution in [0.5, 0.6) is 0 Å². The molecule has 8 nitrogen and oxygen atoms in total.